The van der Waals surface area contributed by atoms with Crippen molar-refractivity contribution >= 4 is 12.4 Å². The standard InChI is InChI=1S/C10H9F6NO3.ClH/c11-9(12,13)8(19)7(17)5-3-4(1-2-6(5)18)20-10(14,15)16;/h1-3,7-8,18-19H,17H2;1H/t7-,8-;/m1./s1. The van der Waals surface area contributed by atoms with E-state index in [0.29, 0.717) is 18.2 Å². The van der Waals surface area contributed by atoms with Crippen molar-refractivity contribution in [3.8, 4) is 11.5 Å². The smallest absolute Gasteiger partial charge is 0.508 e. The minimum absolute atomic E-state index is 0. The molecule has 0 radical (unpaired) electrons. The lowest BCUT2D eigenvalue weighted by Gasteiger charge is -2.22. The van der Waals surface area contributed by atoms with Gasteiger partial charge in [-0.25, -0.2) is 0 Å². The summed E-state index contributed by atoms with van der Waals surface area (Å²) in [6.45, 7) is 0. The molecule has 0 amide bonds. The Morgan fingerprint density at radius 1 is 1.10 bits per heavy atom. The van der Waals surface area contributed by atoms with E-state index in [9.17, 15) is 31.4 Å². The van der Waals surface area contributed by atoms with Gasteiger partial charge in [-0.2, -0.15) is 13.2 Å². The quantitative estimate of drug-likeness (QED) is 0.739. The molecule has 0 aliphatic carbocycles. The number of hydrogen-bond donors (Lipinski definition) is 3. The highest BCUT2D eigenvalue weighted by Crippen LogP contribution is 2.35. The van der Waals surface area contributed by atoms with Crippen LogP contribution in [0.3, 0.4) is 0 Å². The molecule has 1 aromatic carbocycles. The minimum atomic E-state index is -5.09. The van der Waals surface area contributed by atoms with E-state index >= 15 is 0 Å². The highest BCUT2D eigenvalue weighted by molar-refractivity contribution is 5.85. The molecule has 4 N–H and O–H groups in total. The molecular weight excluding hydrogens is 332 g/mol. The van der Waals surface area contributed by atoms with E-state index in [1.54, 1.807) is 0 Å². The first-order valence-electron chi connectivity index (χ1n) is 5.01. The minimum Gasteiger partial charge on any atom is -0.508 e. The van der Waals surface area contributed by atoms with Crippen LogP contribution in [0.1, 0.15) is 11.6 Å². The molecule has 0 saturated heterocycles. The Kier molecular flexibility index (Phi) is 6.15. The molecule has 0 bridgehead atoms. The molecule has 0 aromatic heterocycles. The van der Waals surface area contributed by atoms with Crippen LogP contribution in [0.2, 0.25) is 0 Å². The molecule has 0 unspecified atom stereocenters. The molecule has 0 aliphatic heterocycles. The summed E-state index contributed by atoms with van der Waals surface area (Å²) in [6.07, 6.45) is -13.2. The van der Waals surface area contributed by atoms with Crippen LogP contribution in [0.5, 0.6) is 11.5 Å². The highest BCUT2D eigenvalue weighted by Gasteiger charge is 2.43. The molecule has 1 aromatic rings. The third kappa shape index (κ3) is 5.48. The Morgan fingerprint density at radius 3 is 2.05 bits per heavy atom. The fourth-order valence-corrected chi connectivity index (χ4v) is 1.37. The topological polar surface area (TPSA) is 75.7 Å². The van der Waals surface area contributed by atoms with E-state index in [4.69, 9.17) is 10.8 Å². The summed E-state index contributed by atoms with van der Waals surface area (Å²) in [7, 11) is 0. The van der Waals surface area contributed by atoms with E-state index in [2.05, 4.69) is 4.74 Å². The van der Waals surface area contributed by atoms with Crippen molar-refractivity contribution < 1.29 is 41.3 Å². The zero-order chi connectivity index (χ0) is 15.7. The number of rotatable bonds is 3. The maximum absolute atomic E-state index is 12.3. The molecular formula is C10H10ClF6NO3. The van der Waals surface area contributed by atoms with Crippen LogP contribution in [0.25, 0.3) is 0 Å². The monoisotopic (exact) mass is 341 g/mol. The molecule has 11 heteroatoms. The average Bonchev–Trinajstić information content (AvgIpc) is 2.26. The van der Waals surface area contributed by atoms with Crippen LogP contribution in [0.4, 0.5) is 26.3 Å². The number of aliphatic hydroxyl groups excluding tert-OH is 1. The van der Waals surface area contributed by atoms with Crippen molar-refractivity contribution in [3.63, 3.8) is 0 Å². The average molecular weight is 342 g/mol. The van der Waals surface area contributed by atoms with E-state index in [1.807, 2.05) is 0 Å². The van der Waals surface area contributed by atoms with Gasteiger partial charge >= 0.3 is 12.5 Å². The highest BCUT2D eigenvalue weighted by atomic mass is 35.5. The molecule has 0 heterocycles. The van der Waals surface area contributed by atoms with Crippen molar-refractivity contribution in [2.45, 2.75) is 24.7 Å². The van der Waals surface area contributed by atoms with Crippen LogP contribution in [0.15, 0.2) is 18.2 Å². The van der Waals surface area contributed by atoms with Crippen LogP contribution in [-0.4, -0.2) is 28.9 Å². The normalized spacial score (nSPS) is 15.0. The number of hydrogen-bond acceptors (Lipinski definition) is 4. The van der Waals surface area contributed by atoms with E-state index in [0.717, 1.165) is 0 Å². The van der Waals surface area contributed by atoms with Gasteiger partial charge in [-0.3, -0.25) is 0 Å². The van der Waals surface area contributed by atoms with Gasteiger partial charge in [0.1, 0.15) is 11.5 Å². The molecule has 1 rings (SSSR count). The van der Waals surface area contributed by atoms with Crippen molar-refractivity contribution in [2.24, 2.45) is 5.73 Å². The summed E-state index contributed by atoms with van der Waals surface area (Å²) in [5.41, 5.74) is 4.37. The molecule has 0 spiro atoms. The number of ether oxygens (including phenoxy) is 1. The molecule has 21 heavy (non-hydrogen) atoms. The van der Waals surface area contributed by atoms with Gasteiger partial charge in [0.2, 0.25) is 0 Å². The van der Waals surface area contributed by atoms with Gasteiger partial charge in [-0.1, -0.05) is 0 Å². The number of aromatic hydroxyl groups is 1. The van der Waals surface area contributed by atoms with E-state index in [1.165, 1.54) is 0 Å². The van der Waals surface area contributed by atoms with Crippen molar-refractivity contribution in [1.29, 1.82) is 0 Å². The number of aliphatic hydroxyl groups is 1. The van der Waals surface area contributed by atoms with Gasteiger partial charge < -0.3 is 20.7 Å². The predicted molar refractivity (Wildman–Crippen MR) is 61.0 cm³/mol. The second-order valence-corrected chi connectivity index (χ2v) is 3.78. The molecule has 4 nitrogen and oxygen atoms in total. The SMILES string of the molecule is Cl.N[C@H](c1cc(OC(F)(F)F)ccc1O)[C@@H](O)C(F)(F)F. The summed E-state index contributed by atoms with van der Waals surface area (Å²) in [4.78, 5) is 0. The Balaban J connectivity index is 0.00000400. The van der Waals surface area contributed by atoms with Gasteiger partial charge in [0.15, 0.2) is 6.10 Å². The Hall–Kier alpha value is -1.39. The van der Waals surface area contributed by atoms with Crippen LogP contribution >= 0.6 is 12.4 Å². The molecule has 0 fully saturated rings. The van der Waals surface area contributed by atoms with E-state index in [-0.39, 0.29) is 12.4 Å². The summed E-state index contributed by atoms with van der Waals surface area (Å²) in [5.74, 6) is -1.66. The third-order valence-electron chi connectivity index (χ3n) is 2.27. The number of phenolic OH excluding ortho intramolecular Hbond substituents is 1. The number of benzene rings is 1. The maximum Gasteiger partial charge on any atom is 0.573 e. The molecule has 0 saturated carbocycles. The molecule has 2 atom stereocenters. The summed E-state index contributed by atoms with van der Waals surface area (Å²) in [6, 6.07) is -0.312. The lowest BCUT2D eigenvalue weighted by Crippen LogP contribution is -2.38. The van der Waals surface area contributed by atoms with Gasteiger partial charge in [0.25, 0.3) is 0 Å². The zero-order valence-electron chi connectivity index (χ0n) is 9.94. The second kappa shape index (κ2) is 6.58. The largest absolute Gasteiger partial charge is 0.573 e. The molecule has 0 aliphatic rings. The Morgan fingerprint density at radius 2 is 1.62 bits per heavy atom. The van der Waals surface area contributed by atoms with Crippen LogP contribution < -0.4 is 10.5 Å². The van der Waals surface area contributed by atoms with Crippen molar-refractivity contribution in [2.75, 3.05) is 0 Å². The van der Waals surface area contributed by atoms with Crippen molar-refractivity contribution in [3.05, 3.63) is 23.8 Å². The lowest BCUT2D eigenvalue weighted by atomic mass is 10.0. The Labute approximate surface area is 120 Å². The van der Waals surface area contributed by atoms with Crippen molar-refractivity contribution in [1.82, 2.24) is 0 Å². The van der Waals surface area contributed by atoms with Crippen LogP contribution in [0, 0.1) is 0 Å². The lowest BCUT2D eigenvalue weighted by molar-refractivity contribution is -0.274. The molecule has 122 valence electrons. The third-order valence-corrected chi connectivity index (χ3v) is 2.27. The first-order chi connectivity index (χ1) is 8.92. The number of alkyl halides is 6. The Bertz CT molecular complexity index is 479. The number of halogens is 7. The fourth-order valence-electron chi connectivity index (χ4n) is 1.37. The summed E-state index contributed by atoms with van der Waals surface area (Å²) in [5, 5.41) is 18.3. The number of nitrogens with two attached hydrogens (primary N) is 1. The van der Waals surface area contributed by atoms with E-state index < -0.39 is 41.7 Å². The first-order valence-corrected chi connectivity index (χ1v) is 5.01. The maximum atomic E-state index is 12.3. The second-order valence-electron chi connectivity index (χ2n) is 3.78. The van der Waals surface area contributed by atoms with Crippen LogP contribution in [-0.2, 0) is 0 Å². The first kappa shape index (κ1) is 19.6. The van der Waals surface area contributed by atoms with Gasteiger partial charge in [-0.05, 0) is 18.2 Å². The fraction of sp³-hybridized carbons (Fsp3) is 0.400. The van der Waals surface area contributed by atoms with Gasteiger partial charge in [0.05, 0.1) is 6.04 Å². The predicted octanol–water partition coefficient (Wildman–Crippen LogP) is 2.64. The van der Waals surface area contributed by atoms with Gasteiger partial charge in [-0.15, -0.1) is 25.6 Å². The summed E-state index contributed by atoms with van der Waals surface area (Å²) >= 11 is 0. The zero-order valence-corrected chi connectivity index (χ0v) is 10.8. The summed E-state index contributed by atoms with van der Waals surface area (Å²) < 4.78 is 76.2. The number of phenols is 1. The van der Waals surface area contributed by atoms with Gasteiger partial charge in [0, 0.05) is 5.56 Å².